The summed E-state index contributed by atoms with van der Waals surface area (Å²) >= 11 is 6.12. The third-order valence-electron chi connectivity index (χ3n) is 2.20. The Morgan fingerprint density at radius 1 is 1.20 bits per heavy atom. The molecule has 2 nitrogen and oxygen atoms in total. The zero-order chi connectivity index (χ0) is 10.7. The van der Waals surface area contributed by atoms with Crippen LogP contribution in [0, 0.1) is 0 Å². The number of halogens is 1. The predicted octanol–water partition coefficient (Wildman–Crippen LogP) is 3.44. The van der Waals surface area contributed by atoms with E-state index in [0.29, 0.717) is 5.02 Å². The van der Waals surface area contributed by atoms with E-state index in [2.05, 4.69) is 10.3 Å². The molecular weight excluding hydrogens is 208 g/mol. The van der Waals surface area contributed by atoms with Crippen LogP contribution in [0.2, 0.25) is 5.02 Å². The van der Waals surface area contributed by atoms with E-state index < -0.39 is 0 Å². The van der Waals surface area contributed by atoms with E-state index in [4.69, 9.17) is 11.6 Å². The minimum absolute atomic E-state index is 0.715. The van der Waals surface area contributed by atoms with E-state index in [1.807, 2.05) is 43.4 Å². The monoisotopic (exact) mass is 218 g/mol. The first-order valence-electron chi connectivity index (χ1n) is 4.70. The lowest BCUT2D eigenvalue weighted by molar-refractivity contribution is 1.32. The Morgan fingerprint density at radius 2 is 2.07 bits per heavy atom. The molecule has 0 spiro atoms. The Labute approximate surface area is 93.9 Å². The van der Waals surface area contributed by atoms with Crippen LogP contribution in [0.5, 0.6) is 0 Å². The minimum Gasteiger partial charge on any atom is -0.388 e. The second-order valence-corrected chi connectivity index (χ2v) is 3.57. The number of pyridine rings is 1. The lowest BCUT2D eigenvalue weighted by Crippen LogP contribution is -1.90. The lowest BCUT2D eigenvalue weighted by Gasteiger charge is -2.06. The molecule has 0 saturated carbocycles. The average Bonchev–Trinajstić information content (AvgIpc) is 2.31. The van der Waals surface area contributed by atoms with Crippen LogP contribution >= 0.6 is 11.6 Å². The van der Waals surface area contributed by atoms with Crippen LogP contribution in [-0.4, -0.2) is 12.0 Å². The summed E-state index contributed by atoms with van der Waals surface area (Å²) in [7, 11) is 1.88. The molecule has 1 N–H and O–H groups in total. The number of anilines is 1. The molecule has 0 aliphatic rings. The van der Waals surface area contributed by atoms with Crippen LogP contribution in [0.1, 0.15) is 0 Å². The summed E-state index contributed by atoms with van der Waals surface area (Å²) in [6.45, 7) is 0. The summed E-state index contributed by atoms with van der Waals surface area (Å²) in [5, 5.41) is 3.79. The van der Waals surface area contributed by atoms with Gasteiger partial charge in [0.15, 0.2) is 0 Å². The Morgan fingerprint density at radius 3 is 2.73 bits per heavy atom. The highest BCUT2D eigenvalue weighted by Gasteiger charge is 2.04. The molecule has 0 amide bonds. The topological polar surface area (TPSA) is 24.9 Å². The standard InChI is InChI=1S/C12H11ClN2/c1-14-9-5-6-11(13)10(8-9)12-4-2-3-7-15-12/h2-8,14H,1H3. The van der Waals surface area contributed by atoms with Crippen LogP contribution in [0.4, 0.5) is 5.69 Å². The van der Waals surface area contributed by atoms with E-state index in [1.165, 1.54) is 0 Å². The van der Waals surface area contributed by atoms with Crippen molar-refractivity contribution in [2.24, 2.45) is 0 Å². The normalized spacial score (nSPS) is 10.0. The van der Waals surface area contributed by atoms with Crippen molar-refractivity contribution in [1.29, 1.82) is 0 Å². The fraction of sp³-hybridized carbons (Fsp3) is 0.0833. The quantitative estimate of drug-likeness (QED) is 0.835. The SMILES string of the molecule is CNc1ccc(Cl)c(-c2ccccn2)c1. The fourth-order valence-corrected chi connectivity index (χ4v) is 1.61. The molecule has 0 fully saturated rings. The smallest absolute Gasteiger partial charge is 0.0717 e. The van der Waals surface area contributed by atoms with Crippen molar-refractivity contribution in [2.75, 3.05) is 12.4 Å². The fourth-order valence-electron chi connectivity index (χ4n) is 1.40. The summed E-state index contributed by atoms with van der Waals surface area (Å²) in [4.78, 5) is 4.27. The van der Waals surface area contributed by atoms with E-state index in [0.717, 1.165) is 16.9 Å². The Balaban J connectivity index is 2.52. The molecule has 0 saturated heterocycles. The largest absolute Gasteiger partial charge is 0.388 e. The molecule has 0 atom stereocenters. The maximum absolute atomic E-state index is 6.12. The van der Waals surface area contributed by atoms with E-state index in [1.54, 1.807) is 6.20 Å². The van der Waals surface area contributed by atoms with Crippen molar-refractivity contribution in [2.45, 2.75) is 0 Å². The van der Waals surface area contributed by atoms with Crippen molar-refractivity contribution >= 4 is 17.3 Å². The molecule has 0 aliphatic carbocycles. The van der Waals surface area contributed by atoms with Crippen molar-refractivity contribution in [3.8, 4) is 11.3 Å². The van der Waals surface area contributed by atoms with Crippen LogP contribution in [0.3, 0.4) is 0 Å². The van der Waals surface area contributed by atoms with Gasteiger partial charge in [0.2, 0.25) is 0 Å². The number of hydrogen-bond donors (Lipinski definition) is 1. The third kappa shape index (κ3) is 2.10. The van der Waals surface area contributed by atoms with Gasteiger partial charge in [-0.25, -0.2) is 0 Å². The highest BCUT2D eigenvalue weighted by Crippen LogP contribution is 2.28. The molecule has 3 heteroatoms. The Bertz CT molecular complexity index is 454. The zero-order valence-electron chi connectivity index (χ0n) is 8.37. The van der Waals surface area contributed by atoms with Crippen molar-refractivity contribution in [3.63, 3.8) is 0 Å². The second kappa shape index (κ2) is 4.32. The van der Waals surface area contributed by atoms with Gasteiger partial charge in [-0.15, -0.1) is 0 Å². The Kier molecular flexibility index (Phi) is 2.88. The number of nitrogens with one attached hydrogen (secondary N) is 1. The van der Waals surface area contributed by atoms with Gasteiger partial charge in [-0.1, -0.05) is 17.7 Å². The van der Waals surface area contributed by atoms with Gasteiger partial charge in [0, 0.05) is 24.5 Å². The molecule has 1 aromatic carbocycles. The number of hydrogen-bond acceptors (Lipinski definition) is 2. The van der Waals surface area contributed by atoms with Crippen LogP contribution in [0.25, 0.3) is 11.3 Å². The van der Waals surface area contributed by atoms with E-state index in [-0.39, 0.29) is 0 Å². The second-order valence-electron chi connectivity index (χ2n) is 3.16. The summed E-state index contributed by atoms with van der Waals surface area (Å²) < 4.78 is 0. The highest BCUT2D eigenvalue weighted by molar-refractivity contribution is 6.33. The molecule has 15 heavy (non-hydrogen) atoms. The van der Waals surface area contributed by atoms with E-state index in [9.17, 15) is 0 Å². The third-order valence-corrected chi connectivity index (χ3v) is 2.53. The summed E-state index contributed by atoms with van der Waals surface area (Å²) in [6, 6.07) is 11.6. The van der Waals surface area contributed by atoms with Crippen molar-refractivity contribution < 1.29 is 0 Å². The van der Waals surface area contributed by atoms with Crippen molar-refractivity contribution in [3.05, 3.63) is 47.6 Å². The molecular formula is C12H11ClN2. The predicted molar refractivity (Wildman–Crippen MR) is 64.2 cm³/mol. The summed E-state index contributed by atoms with van der Waals surface area (Å²) in [5.74, 6) is 0. The van der Waals surface area contributed by atoms with Crippen LogP contribution < -0.4 is 5.32 Å². The Hall–Kier alpha value is -1.54. The van der Waals surface area contributed by atoms with Gasteiger partial charge in [0.25, 0.3) is 0 Å². The summed E-state index contributed by atoms with van der Waals surface area (Å²) in [6.07, 6.45) is 1.76. The van der Waals surface area contributed by atoms with Crippen LogP contribution in [-0.2, 0) is 0 Å². The first kappa shape index (κ1) is 9.99. The zero-order valence-corrected chi connectivity index (χ0v) is 9.12. The number of aromatic nitrogens is 1. The average molecular weight is 219 g/mol. The molecule has 2 rings (SSSR count). The highest BCUT2D eigenvalue weighted by atomic mass is 35.5. The van der Waals surface area contributed by atoms with Gasteiger partial charge < -0.3 is 5.32 Å². The molecule has 0 bridgehead atoms. The molecule has 1 aromatic heterocycles. The van der Waals surface area contributed by atoms with Crippen LogP contribution in [0.15, 0.2) is 42.6 Å². The first-order valence-corrected chi connectivity index (χ1v) is 5.08. The molecule has 1 heterocycles. The first-order chi connectivity index (χ1) is 7.31. The maximum atomic E-state index is 6.12. The van der Waals surface area contributed by atoms with E-state index >= 15 is 0 Å². The number of rotatable bonds is 2. The van der Waals surface area contributed by atoms with Gasteiger partial charge >= 0.3 is 0 Å². The van der Waals surface area contributed by atoms with Gasteiger partial charge in [-0.2, -0.15) is 0 Å². The minimum atomic E-state index is 0.715. The van der Waals surface area contributed by atoms with Gasteiger partial charge in [-0.3, -0.25) is 4.98 Å². The van der Waals surface area contributed by atoms with Gasteiger partial charge in [-0.05, 0) is 30.3 Å². The van der Waals surface area contributed by atoms with Gasteiger partial charge in [0.1, 0.15) is 0 Å². The van der Waals surface area contributed by atoms with Crippen molar-refractivity contribution in [1.82, 2.24) is 4.98 Å². The summed E-state index contributed by atoms with van der Waals surface area (Å²) in [5.41, 5.74) is 2.86. The van der Waals surface area contributed by atoms with Gasteiger partial charge in [0.05, 0.1) is 10.7 Å². The molecule has 0 radical (unpaired) electrons. The molecule has 76 valence electrons. The lowest BCUT2D eigenvalue weighted by atomic mass is 10.1. The maximum Gasteiger partial charge on any atom is 0.0717 e. The molecule has 2 aromatic rings. The molecule has 0 unspecified atom stereocenters. The molecule has 0 aliphatic heterocycles. The number of benzene rings is 1. The number of nitrogens with zero attached hydrogens (tertiary/aromatic N) is 1.